The number of benzene rings is 3. The number of rotatable bonds is 4. The number of carbonyl (C=O) groups is 3. The van der Waals surface area contributed by atoms with Gasteiger partial charge in [-0.3, -0.25) is 14.5 Å². The number of ether oxygens (including phenoxy) is 1. The predicted octanol–water partition coefficient (Wildman–Crippen LogP) is 5.16. The number of esters is 1. The van der Waals surface area contributed by atoms with Gasteiger partial charge in [0.2, 0.25) is 0 Å². The number of hydrogen-bond donors (Lipinski definition) is 1. The van der Waals surface area contributed by atoms with Crippen molar-refractivity contribution >= 4 is 50.1 Å². The first kappa shape index (κ1) is 23.4. The zero-order valence-electron chi connectivity index (χ0n) is 19.2. The van der Waals surface area contributed by atoms with Crippen molar-refractivity contribution < 1.29 is 28.6 Å². The molecule has 0 bridgehead atoms. The van der Waals surface area contributed by atoms with Crippen LogP contribution in [0.15, 0.2) is 72.3 Å². The second kappa shape index (κ2) is 9.01. The molecule has 3 aromatic carbocycles. The fourth-order valence-electron chi connectivity index (χ4n) is 4.12. The van der Waals surface area contributed by atoms with E-state index < -0.39 is 29.5 Å². The molecule has 1 aromatic heterocycles. The first-order chi connectivity index (χ1) is 17.3. The van der Waals surface area contributed by atoms with Gasteiger partial charge in [-0.25, -0.2) is 14.2 Å². The number of aliphatic hydroxyl groups excluding tert-OH is 1. The molecule has 0 radical (unpaired) electrons. The van der Waals surface area contributed by atoms with Crippen LogP contribution >= 0.6 is 11.3 Å². The molecule has 1 unspecified atom stereocenters. The highest BCUT2D eigenvalue weighted by atomic mass is 32.1. The molecule has 1 atom stereocenters. The summed E-state index contributed by atoms with van der Waals surface area (Å²) in [6.07, 6.45) is 0. The SMILES string of the molecule is COC(=O)c1ccc(C2C(=C(O)c3ccc(C)cc3)C(=O)C(=O)N2c2nc3ccc(F)cc3s2)cc1. The van der Waals surface area contributed by atoms with Crippen LogP contribution in [0.2, 0.25) is 0 Å². The molecule has 180 valence electrons. The number of nitrogens with zero attached hydrogens (tertiary/aromatic N) is 2. The number of thiazole rings is 1. The Morgan fingerprint density at radius 3 is 2.36 bits per heavy atom. The average molecular weight is 503 g/mol. The van der Waals surface area contributed by atoms with Crippen LogP contribution in [0.4, 0.5) is 9.52 Å². The first-order valence-electron chi connectivity index (χ1n) is 10.9. The zero-order valence-corrected chi connectivity index (χ0v) is 20.0. The number of anilines is 1. The summed E-state index contributed by atoms with van der Waals surface area (Å²) in [4.78, 5) is 44.2. The standard InChI is InChI=1S/C27H19FN2O5S/c1-14-3-5-16(6-4-14)23(31)21-22(15-7-9-17(10-8-15)26(34)35-2)30(25(33)24(21)32)27-29-19-12-11-18(28)13-20(19)36-27/h3-13,22,31H,1-2H3. The number of methoxy groups -OCH3 is 1. The summed E-state index contributed by atoms with van der Waals surface area (Å²) in [5.41, 5.74) is 2.45. The Morgan fingerprint density at radius 2 is 1.69 bits per heavy atom. The smallest absolute Gasteiger partial charge is 0.337 e. The maximum Gasteiger partial charge on any atom is 0.337 e. The molecule has 0 saturated carbocycles. The van der Waals surface area contributed by atoms with E-state index in [0.717, 1.165) is 16.9 Å². The lowest BCUT2D eigenvalue weighted by Gasteiger charge is -2.23. The summed E-state index contributed by atoms with van der Waals surface area (Å²) in [7, 11) is 1.27. The summed E-state index contributed by atoms with van der Waals surface area (Å²) < 4.78 is 19.0. The van der Waals surface area contributed by atoms with Gasteiger partial charge in [-0.2, -0.15) is 0 Å². The first-order valence-corrected chi connectivity index (χ1v) is 11.7. The lowest BCUT2D eigenvalue weighted by molar-refractivity contribution is -0.132. The molecule has 1 N–H and O–H groups in total. The number of hydrogen-bond acceptors (Lipinski definition) is 7. The Bertz CT molecular complexity index is 1560. The number of aryl methyl sites for hydroxylation is 1. The number of halogens is 1. The lowest BCUT2D eigenvalue weighted by atomic mass is 9.94. The van der Waals surface area contributed by atoms with Gasteiger partial charge in [-0.1, -0.05) is 53.3 Å². The van der Waals surface area contributed by atoms with Crippen LogP contribution in [0.3, 0.4) is 0 Å². The third kappa shape index (κ3) is 3.93. The van der Waals surface area contributed by atoms with E-state index in [4.69, 9.17) is 4.74 Å². The van der Waals surface area contributed by atoms with Gasteiger partial charge in [0.1, 0.15) is 11.6 Å². The van der Waals surface area contributed by atoms with Crippen LogP contribution in [0.1, 0.15) is 33.1 Å². The van der Waals surface area contributed by atoms with E-state index in [1.165, 1.54) is 42.3 Å². The molecule has 9 heteroatoms. The normalized spacial score (nSPS) is 17.1. The van der Waals surface area contributed by atoms with E-state index in [1.54, 1.807) is 36.4 Å². The Hall–Kier alpha value is -4.37. The van der Waals surface area contributed by atoms with Crippen LogP contribution in [0, 0.1) is 12.7 Å². The van der Waals surface area contributed by atoms with Gasteiger partial charge in [0, 0.05) is 5.56 Å². The molecule has 1 aliphatic heterocycles. The summed E-state index contributed by atoms with van der Waals surface area (Å²) in [5.74, 6) is -3.06. The van der Waals surface area contributed by atoms with Gasteiger partial charge in [0.25, 0.3) is 5.78 Å². The van der Waals surface area contributed by atoms with Crippen molar-refractivity contribution in [1.29, 1.82) is 0 Å². The van der Waals surface area contributed by atoms with Gasteiger partial charge >= 0.3 is 11.9 Å². The zero-order chi connectivity index (χ0) is 25.6. The highest BCUT2D eigenvalue weighted by Gasteiger charge is 2.48. The van der Waals surface area contributed by atoms with Crippen molar-refractivity contribution in [3.63, 3.8) is 0 Å². The number of ketones is 1. The molecular weight excluding hydrogens is 483 g/mol. The number of aromatic nitrogens is 1. The molecule has 2 heterocycles. The van der Waals surface area contributed by atoms with Crippen molar-refractivity contribution in [2.45, 2.75) is 13.0 Å². The van der Waals surface area contributed by atoms with Crippen molar-refractivity contribution in [1.82, 2.24) is 4.98 Å². The number of amides is 1. The van der Waals surface area contributed by atoms with Crippen LogP contribution < -0.4 is 4.90 Å². The average Bonchev–Trinajstić information content (AvgIpc) is 3.41. The van der Waals surface area contributed by atoms with Crippen molar-refractivity contribution in [2.75, 3.05) is 12.0 Å². The molecule has 7 nitrogen and oxygen atoms in total. The van der Waals surface area contributed by atoms with Gasteiger partial charge in [0.15, 0.2) is 5.13 Å². The van der Waals surface area contributed by atoms with Gasteiger partial charge < -0.3 is 9.84 Å². The Balaban J connectivity index is 1.70. The maximum atomic E-state index is 13.8. The Labute approximate surface area is 209 Å². The van der Waals surface area contributed by atoms with Gasteiger partial charge in [-0.05, 0) is 42.8 Å². The minimum atomic E-state index is -1.02. The Morgan fingerprint density at radius 1 is 1.03 bits per heavy atom. The van der Waals surface area contributed by atoms with Gasteiger partial charge in [0.05, 0.1) is 34.5 Å². The molecule has 5 rings (SSSR count). The van der Waals surface area contributed by atoms with E-state index in [1.807, 2.05) is 6.92 Å². The monoisotopic (exact) mass is 502 g/mol. The van der Waals surface area contributed by atoms with E-state index in [2.05, 4.69) is 4.98 Å². The maximum absolute atomic E-state index is 13.8. The molecule has 1 amide bonds. The number of Topliss-reactive ketones (excluding diaryl/α,β-unsaturated/α-hetero) is 1. The molecule has 0 spiro atoms. The second-order valence-electron chi connectivity index (χ2n) is 8.26. The van der Waals surface area contributed by atoms with E-state index in [9.17, 15) is 23.9 Å². The second-order valence-corrected chi connectivity index (χ2v) is 9.27. The molecule has 1 fully saturated rings. The van der Waals surface area contributed by atoms with E-state index >= 15 is 0 Å². The van der Waals surface area contributed by atoms with Crippen LogP contribution in [-0.2, 0) is 14.3 Å². The van der Waals surface area contributed by atoms with Crippen molar-refractivity contribution in [3.05, 3.63) is 100 Å². The summed E-state index contributed by atoms with van der Waals surface area (Å²) in [5, 5.41) is 11.4. The predicted molar refractivity (Wildman–Crippen MR) is 133 cm³/mol. The lowest BCUT2D eigenvalue weighted by Crippen LogP contribution is -2.29. The summed E-state index contributed by atoms with van der Waals surface area (Å²) in [6, 6.07) is 16.1. The summed E-state index contributed by atoms with van der Waals surface area (Å²) in [6.45, 7) is 1.89. The fraction of sp³-hybridized carbons (Fsp3) is 0.111. The molecule has 0 aliphatic carbocycles. The van der Waals surface area contributed by atoms with E-state index in [0.29, 0.717) is 21.3 Å². The molecule has 1 saturated heterocycles. The highest BCUT2D eigenvalue weighted by Crippen LogP contribution is 2.44. The minimum absolute atomic E-state index is 0.111. The number of carbonyl (C=O) groups excluding carboxylic acids is 3. The quantitative estimate of drug-likeness (QED) is 0.179. The molecular formula is C27H19FN2O5S. The minimum Gasteiger partial charge on any atom is -0.507 e. The van der Waals surface area contributed by atoms with Crippen molar-refractivity contribution in [3.8, 4) is 0 Å². The van der Waals surface area contributed by atoms with E-state index in [-0.39, 0.29) is 22.0 Å². The largest absolute Gasteiger partial charge is 0.507 e. The highest BCUT2D eigenvalue weighted by molar-refractivity contribution is 7.22. The van der Waals surface area contributed by atoms with Crippen LogP contribution in [0.25, 0.3) is 16.0 Å². The number of aliphatic hydroxyl groups is 1. The van der Waals surface area contributed by atoms with Crippen molar-refractivity contribution in [2.24, 2.45) is 0 Å². The number of fused-ring (bicyclic) bond motifs is 1. The fourth-order valence-corrected chi connectivity index (χ4v) is 5.14. The Kier molecular flexibility index (Phi) is 5.85. The summed E-state index contributed by atoms with van der Waals surface area (Å²) >= 11 is 1.06. The molecule has 4 aromatic rings. The topological polar surface area (TPSA) is 96.8 Å². The third-order valence-corrected chi connectivity index (χ3v) is 6.98. The third-order valence-electron chi connectivity index (χ3n) is 5.96. The van der Waals surface area contributed by atoms with Gasteiger partial charge in [-0.15, -0.1) is 0 Å². The van der Waals surface area contributed by atoms with Crippen LogP contribution in [0.5, 0.6) is 0 Å². The molecule has 36 heavy (non-hydrogen) atoms. The van der Waals surface area contributed by atoms with Crippen LogP contribution in [-0.4, -0.2) is 34.9 Å². The molecule has 1 aliphatic rings.